The van der Waals surface area contributed by atoms with Crippen molar-refractivity contribution >= 4 is 23.2 Å². The molecule has 1 unspecified atom stereocenters. The van der Waals surface area contributed by atoms with Crippen LogP contribution in [0.3, 0.4) is 0 Å². The van der Waals surface area contributed by atoms with Crippen molar-refractivity contribution in [3.8, 4) is 0 Å². The highest BCUT2D eigenvalue weighted by Crippen LogP contribution is 2.28. The van der Waals surface area contributed by atoms with Crippen LogP contribution in [0, 0.1) is 0 Å². The highest BCUT2D eigenvalue weighted by Gasteiger charge is 2.19. The summed E-state index contributed by atoms with van der Waals surface area (Å²) in [4.78, 5) is 0. The summed E-state index contributed by atoms with van der Waals surface area (Å²) in [5.74, 6) is 0. The molecule has 0 aromatic rings. The van der Waals surface area contributed by atoms with Crippen LogP contribution in [0.1, 0.15) is 6.92 Å². The Bertz CT molecular complexity index is 271. The lowest BCUT2D eigenvalue weighted by molar-refractivity contribution is 0.196. The second kappa shape index (κ2) is 4.58. The van der Waals surface area contributed by atoms with E-state index in [1.807, 2.05) is 6.92 Å². The molecule has 0 bridgehead atoms. The number of ether oxygens (including phenoxy) is 1. The first kappa shape index (κ1) is 10.5. The summed E-state index contributed by atoms with van der Waals surface area (Å²) in [5, 5.41) is 4.22. The fourth-order valence-corrected chi connectivity index (χ4v) is 1.89. The molecule has 1 rings (SSSR count). The first-order chi connectivity index (χ1) is 6.16. The number of hydrogen-bond donors (Lipinski definition) is 1. The van der Waals surface area contributed by atoms with Crippen LogP contribution in [0.25, 0.3) is 0 Å². The maximum absolute atomic E-state index is 5.99. The molecule has 0 saturated carbocycles. The van der Waals surface area contributed by atoms with Gasteiger partial charge < -0.3 is 10.1 Å². The summed E-state index contributed by atoms with van der Waals surface area (Å²) < 4.78 is 5.19. The summed E-state index contributed by atoms with van der Waals surface area (Å²) >= 11 is 11.9. The summed E-state index contributed by atoms with van der Waals surface area (Å²) in [6.07, 6.45) is 2.94. The third-order valence-electron chi connectivity index (χ3n) is 1.74. The fraction of sp³-hybridized carbons (Fsp3) is 0.333. The van der Waals surface area contributed by atoms with Crippen molar-refractivity contribution in [2.45, 2.75) is 13.0 Å². The van der Waals surface area contributed by atoms with E-state index in [1.165, 1.54) is 6.26 Å². The van der Waals surface area contributed by atoms with Gasteiger partial charge in [-0.15, -0.1) is 0 Å². The molecule has 0 amide bonds. The van der Waals surface area contributed by atoms with Crippen LogP contribution in [-0.4, -0.2) is 12.6 Å². The molecule has 1 aliphatic rings. The zero-order chi connectivity index (χ0) is 9.84. The molecule has 1 N–H and O–H groups in total. The molecule has 0 aromatic heterocycles. The number of nitrogens with one attached hydrogen (secondary N) is 1. The van der Waals surface area contributed by atoms with E-state index in [4.69, 9.17) is 27.9 Å². The first-order valence-corrected chi connectivity index (χ1v) is 4.66. The van der Waals surface area contributed by atoms with E-state index in [-0.39, 0.29) is 6.10 Å². The summed E-state index contributed by atoms with van der Waals surface area (Å²) in [6.45, 7) is 5.95. The van der Waals surface area contributed by atoms with Gasteiger partial charge >= 0.3 is 0 Å². The van der Waals surface area contributed by atoms with Crippen LogP contribution in [-0.2, 0) is 4.74 Å². The van der Waals surface area contributed by atoms with Crippen molar-refractivity contribution in [2.24, 2.45) is 0 Å². The van der Waals surface area contributed by atoms with E-state index in [2.05, 4.69) is 11.9 Å². The third kappa shape index (κ3) is 2.42. The van der Waals surface area contributed by atoms with E-state index in [9.17, 15) is 0 Å². The molecule has 0 spiro atoms. The summed E-state index contributed by atoms with van der Waals surface area (Å²) in [5.41, 5.74) is 0.821. The van der Waals surface area contributed by atoms with Gasteiger partial charge in [-0.1, -0.05) is 29.8 Å². The van der Waals surface area contributed by atoms with Gasteiger partial charge in [0.1, 0.15) is 6.10 Å². The molecule has 0 saturated heterocycles. The van der Waals surface area contributed by atoms with Crippen molar-refractivity contribution in [2.75, 3.05) is 6.54 Å². The minimum Gasteiger partial charge on any atom is -0.494 e. The molecule has 72 valence electrons. The third-order valence-corrected chi connectivity index (χ3v) is 2.39. The Morgan fingerprint density at radius 3 is 2.92 bits per heavy atom. The van der Waals surface area contributed by atoms with Crippen LogP contribution in [0.5, 0.6) is 0 Å². The van der Waals surface area contributed by atoms with Crippen molar-refractivity contribution in [1.82, 2.24) is 5.32 Å². The number of halogens is 2. The maximum atomic E-state index is 5.99. The van der Waals surface area contributed by atoms with Crippen LogP contribution >= 0.6 is 23.2 Å². The second-order valence-corrected chi connectivity index (χ2v) is 3.50. The monoisotopic (exact) mass is 219 g/mol. The maximum Gasteiger partial charge on any atom is 0.123 e. The van der Waals surface area contributed by atoms with Crippen LogP contribution in [0.15, 0.2) is 34.7 Å². The molecule has 13 heavy (non-hydrogen) atoms. The van der Waals surface area contributed by atoms with E-state index >= 15 is 0 Å². The molecule has 0 radical (unpaired) electrons. The highest BCUT2D eigenvalue weighted by atomic mass is 35.5. The Morgan fingerprint density at radius 2 is 2.38 bits per heavy atom. The predicted octanol–water partition coefficient (Wildman–Crippen LogP) is 2.71. The van der Waals surface area contributed by atoms with Gasteiger partial charge in [0.15, 0.2) is 0 Å². The van der Waals surface area contributed by atoms with E-state index in [1.54, 1.807) is 6.20 Å². The average Bonchev–Trinajstić information content (AvgIpc) is 2.04. The largest absolute Gasteiger partial charge is 0.494 e. The van der Waals surface area contributed by atoms with Gasteiger partial charge in [0.25, 0.3) is 0 Å². The lowest BCUT2D eigenvalue weighted by Crippen LogP contribution is -2.20. The van der Waals surface area contributed by atoms with Crippen LogP contribution < -0.4 is 5.32 Å². The van der Waals surface area contributed by atoms with Crippen LogP contribution in [0.4, 0.5) is 0 Å². The van der Waals surface area contributed by atoms with Crippen molar-refractivity contribution in [1.29, 1.82) is 0 Å². The van der Waals surface area contributed by atoms with Crippen molar-refractivity contribution in [3.05, 3.63) is 34.7 Å². The second-order valence-electron chi connectivity index (χ2n) is 2.64. The average molecular weight is 220 g/mol. The Labute approximate surface area is 87.9 Å². The first-order valence-electron chi connectivity index (χ1n) is 3.91. The Balaban J connectivity index is 2.86. The fourth-order valence-electron chi connectivity index (χ4n) is 1.16. The minimum atomic E-state index is -0.157. The van der Waals surface area contributed by atoms with Gasteiger partial charge in [-0.05, 0) is 6.92 Å². The zero-order valence-electron chi connectivity index (χ0n) is 7.31. The molecule has 1 heterocycles. The molecular weight excluding hydrogens is 209 g/mol. The van der Waals surface area contributed by atoms with E-state index in [0.29, 0.717) is 16.6 Å². The number of hydrogen-bond acceptors (Lipinski definition) is 2. The highest BCUT2D eigenvalue weighted by molar-refractivity contribution is 6.36. The van der Waals surface area contributed by atoms with Crippen molar-refractivity contribution < 1.29 is 4.74 Å². The molecule has 1 atom stereocenters. The summed E-state index contributed by atoms with van der Waals surface area (Å²) in [7, 11) is 0. The summed E-state index contributed by atoms with van der Waals surface area (Å²) in [6, 6.07) is 0. The predicted molar refractivity (Wildman–Crippen MR) is 55.6 cm³/mol. The molecule has 4 heteroatoms. The SMILES string of the molecule is C=COC(C)C1=C(Cl)CNC=C1Cl. The standard InChI is InChI=1S/C9H11Cl2NO/c1-3-13-6(2)9-7(10)4-12-5-8(9)11/h3-4,6,12H,1,5H2,2H3. The molecule has 2 nitrogen and oxygen atoms in total. The Morgan fingerprint density at radius 1 is 1.69 bits per heavy atom. The molecule has 0 aromatic carbocycles. The van der Waals surface area contributed by atoms with Gasteiger partial charge in [-0.25, -0.2) is 0 Å². The molecule has 1 aliphatic heterocycles. The normalized spacial score (nSPS) is 18.8. The van der Waals surface area contributed by atoms with Gasteiger partial charge in [0.2, 0.25) is 0 Å². The van der Waals surface area contributed by atoms with Crippen LogP contribution in [0.2, 0.25) is 0 Å². The van der Waals surface area contributed by atoms with Gasteiger partial charge in [0, 0.05) is 16.8 Å². The van der Waals surface area contributed by atoms with E-state index < -0.39 is 0 Å². The topological polar surface area (TPSA) is 21.3 Å². The Hall–Kier alpha value is -0.600. The smallest absolute Gasteiger partial charge is 0.123 e. The minimum absolute atomic E-state index is 0.157. The number of rotatable bonds is 3. The van der Waals surface area contributed by atoms with Gasteiger partial charge in [-0.2, -0.15) is 0 Å². The molecule has 0 aliphatic carbocycles. The Kier molecular flexibility index (Phi) is 3.70. The lowest BCUT2D eigenvalue weighted by atomic mass is 10.1. The number of dihydropyridines is 1. The van der Waals surface area contributed by atoms with Crippen molar-refractivity contribution in [3.63, 3.8) is 0 Å². The quantitative estimate of drug-likeness (QED) is 0.738. The zero-order valence-corrected chi connectivity index (χ0v) is 8.82. The van der Waals surface area contributed by atoms with Gasteiger partial charge in [-0.3, -0.25) is 0 Å². The molecular formula is C9H11Cl2NO. The lowest BCUT2D eigenvalue weighted by Gasteiger charge is -2.20. The molecule has 0 fully saturated rings. The van der Waals surface area contributed by atoms with E-state index in [0.717, 1.165) is 5.57 Å². The van der Waals surface area contributed by atoms with Gasteiger partial charge in [0.05, 0.1) is 17.8 Å².